The van der Waals surface area contributed by atoms with Crippen molar-refractivity contribution in [1.82, 2.24) is 0 Å². The van der Waals surface area contributed by atoms with E-state index in [0.29, 0.717) is 0 Å². The Kier molecular flexibility index (Phi) is 4.32. The summed E-state index contributed by atoms with van der Waals surface area (Å²) in [7, 11) is 0. The maximum absolute atomic E-state index is 12.9. The van der Waals surface area contributed by atoms with Gasteiger partial charge < -0.3 is 0 Å². The van der Waals surface area contributed by atoms with Crippen LogP contribution in [-0.2, 0) is 0 Å². The highest BCUT2D eigenvalue weighted by atomic mass is 35.5. The van der Waals surface area contributed by atoms with E-state index in [-0.39, 0.29) is 15.6 Å². The minimum atomic E-state index is -4.35. The molecule has 0 aliphatic carbocycles. The standard InChI is InChI=1S/C9H5Cl3F4/c10-4-1-2-5(6(11)3-4)7(12)9(15,16)8(13)14/h1-3,7-8H. The molecule has 0 N–H and O–H groups in total. The Balaban J connectivity index is 3.10. The van der Waals surface area contributed by atoms with E-state index in [1.165, 1.54) is 6.07 Å². The van der Waals surface area contributed by atoms with Crippen molar-refractivity contribution in [2.45, 2.75) is 17.7 Å². The number of halogens is 7. The molecule has 0 bridgehead atoms. The monoisotopic (exact) mass is 294 g/mol. The molecule has 1 atom stereocenters. The average Bonchev–Trinajstić information content (AvgIpc) is 2.16. The van der Waals surface area contributed by atoms with Crippen LogP contribution >= 0.6 is 34.8 Å². The smallest absolute Gasteiger partial charge is 0.204 e. The van der Waals surface area contributed by atoms with Gasteiger partial charge in [0, 0.05) is 10.0 Å². The number of alkyl halides is 5. The van der Waals surface area contributed by atoms with Crippen LogP contribution in [0.5, 0.6) is 0 Å². The third-order valence-corrected chi connectivity index (χ3v) is 2.95. The molecule has 0 aliphatic rings. The van der Waals surface area contributed by atoms with Crippen molar-refractivity contribution < 1.29 is 17.6 Å². The van der Waals surface area contributed by atoms with Crippen LogP contribution in [0.3, 0.4) is 0 Å². The van der Waals surface area contributed by atoms with Crippen molar-refractivity contribution in [3.05, 3.63) is 33.8 Å². The lowest BCUT2D eigenvalue weighted by Crippen LogP contribution is -2.31. The number of hydrogen-bond donors (Lipinski definition) is 0. The first kappa shape index (κ1) is 13.9. The number of hydrogen-bond acceptors (Lipinski definition) is 0. The summed E-state index contributed by atoms with van der Waals surface area (Å²) in [5, 5.41) is -2.16. The Bertz CT molecular complexity index is 381. The van der Waals surface area contributed by atoms with Gasteiger partial charge in [0.1, 0.15) is 5.38 Å². The average molecular weight is 295 g/mol. The highest BCUT2D eigenvalue weighted by Crippen LogP contribution is 2.43. The first-order chi connectivity index (χ1) is 7.26. The molecule has 1 rings (SSSR count). The lowest BCUT2D eigenvalue weighted by atomic mass is 10.1. The molecule has 0 saturated heterocycles. The zero-order valence-corrected chi connectivity index (χ0v) is 9.80. The molecule has 1 aromatic carbocycles. The second-order valence-electron chi connectivity index (χ2n) is 3.00. The molecule has 0 spiro atoms. The van der Waals surface area contributed by atoms with Crippen LogP contribution in [0, 0.1) is 0 Å². The van der Waals surface area contributed by atoms with Gasteiger partial charge in [-0.1, -0.05) is 29.3 Å². The highest BCUT2D eigenvalue weighted by Gasteiger charge is 2.49. The second-order valence-corrected chi connectivity index (χ2v) is 4.28. The van der Waals surface area contributed by atoms with E-state index in [2.05, 4.69) is 0 Å². The van der Waals surface area contributed by atoms with Crippen molar-refractivity contribution in [3.63, 3.8) is 0 Å². The quantitative estimate of drug-likeness (QED) is 0.533. The highest BCUT2D eigenvalue weighted by molar-refractivity contribution is 6.36. The normalized spacial score (nSPS) is 14.2. The topological polar surface area (TPSA) is 0 Å². The van der Waals surface area contributed by atoms with Gasteiger partial charge in [-0.15, -0.1) is 11.6 Å². The molecule has 0 saturated carbocycles. The molecule has 1 unspecified atom stereocenters. The molecule has 0 nitrogen and oxygen atoms in total. The largest absolute Gasteiger partial charge is 0.327 e. The maximum Gasteiger partial charge on any atom is 0.327 e. The Hall–Kier alpha value is -0.190. The second kappa shape index (κ2) is 4.98. The fourth-order valence-electron chi connectivity index (χ4n) is 1.02. The van der Waals surface area contributed by atoms with Gasteiger partial charge in [-0.25, -0.2) is 8.78 Å². The number of rotatable bonds is 3. The first-order valence-corrected chi connectivity index (χ1v) is 5.21. The zero-order chi connectivity index (χ0) is 12.5. The Morgan fingerprint density at radius 2 is 1.69 bits per heavy atom. The van der Waals surface area contributed by atoms with Gasteiger partial charge in [0.2, 0.25) is 0 Å². The minimum Gasteiger partial charge on any atom is -0.204 e. The van der Waals surface area contributed by atoms with Gasteiger partial charge in [0.25, 0.3) is 0 Å². The van der Waals surface area contributed by atoms with Crippen LogP contribution in [0.25, 0.3) is 0 Å². The van der Waals surface area contributed by atoms with E-state index < -0.39 is 17.7 Å². The molecule has 0 aromatic heterocycles. The van der Waals surface area contributed by atoms with E-state index in [1.54, 1.807) is 0 Å². The SMILES string of the molecule is FC(F)C(F)(F)C(Cl)c1ccc(Cl)cc1Cl. The van der Waals surface area contributed by atoms with E-state index in [1.807, 2.05) is 0 Å². The van der Waals surface area contributed by atoms with Crippen molar-refractivity contribution in [2.24, 2.45) is 0 Å². The third kappa shape index (κ3) is 2.73. The molecule has 0 amide bonds. The summed E-state index contributed by atoms with van der Waals surface area (Å²) >= 11 is 16.4. The summed E-state index contributed by atoms with van der Waals surface area (Å²) in [6, 6.07) is 3.51. The van der Waals surface area contributed by atoms with E-state index in [4.69, 9.17) is 34.8 Å². The zero-order valence-electron chi connectivity index (χ0n) is 7.53. The van der Waals surface area contributed by atoms with Gasteiger partial charge in [0.05, 0.1) is 0 Å². The van der Waals surface area contributed by atoms with Crippen LogP contribution in [0.15, 0.2) is 18.2 Å². The Morgan fingerprint density at radius 3 is 2.12 bits per heavy atom. The van der Waals surface area contributed by atoms with Crippen LogP contribution in [-0.4, -0.2) is 12.3 Å². The summed E-state index contributed by atoms with van der Waals surface area (Å²) in [4.78, 5) is 0. The van der Waals surface area contributed by atoms with Crippen LogP contribution in [0.1, 0.15) is 10.9 Å². The lowest BCUT2D eigenvalue weighted by molar-refractivity contribution is -0.130. The summed E-state index contributed by atoms with van der Waals surface area (Å²) in [5.74, 6) is -4.35. The molecule has 16 heavy (non-hydrogen) atoms. The number of benzene rings is 1. The fourth-order valence-corrected chi connectivity index (χ4v) is 1.88. The van der Waals surface area contributed by atoms with E-state index >= 15 is 0 Å². The molecule has 7 heteroatoms. The molecule has 0 fully saturated rings. The molecule has 0 aliphatic heterocycles. The van der Waals surface area contributed by atoms with Crippen LogP contribution in [0.4, 0.5) is 17.6 Å². The van der Waals surface area contributed by atoms with Gasteiger partial charge in [-0.05, 0) is 17.7 Å². The van der Waals surface area contributed by atoms with Gasteiger partial charge in [-0.3, -0.25) is 0 Å². The van der Waals surface area contributed by atoms with Crippen LogP contribution in [0.2, 0.25) is 10.0 Å². The maximum atomic E-state index is 12.9. The van der Waals surface area contributed by atoms with Gasteiger partial charge in [0.15, 0.2) is 0 Å². The molecule has 0 radical (unpaired) electrons. The van der Waals surface area contributed by atoms with E-state index in [9.17, 15) is 17.6 Å². The Labute approximate surface area is 104 Å². The Morgan fingerprint density at radius 1 is 1.12 bits per heavy atom. The van der Waals surface area contributed by atoms with Crippen molar-refractivity contribution in [2.75, 3.05) is 0 Å². The fraction of sp³-hybridized carbons (Fsp3) is 0.333. The van der Waals surface area contributed by atoms with Gasteiger partial charge >= 0.3 is 12.3 Å². The van der Waals surface area contributed by atoms with Crippen molar-refractivity contribution >= 4 is 34.8 Å². The van der Waals surface area contributed by atoms with Crippen LogP contribution < -0.4 is 0 Å². The summed E-state index contributed by atoms with van der Waals surface area (Å²) in [6.45, 7) is 0. The molecular weight excluding hydrogens is 290 g/mol. The molecule has 0 heterocycles. The predicted octanol–water partition coefficient (Wildman–Crippen LogP) is 5.17. The first-order valence-electron chi connectivity index (χ1n) is 4.01. The summed E-state index contributed by atoms with van der Waals surface area (Å²) in [5.41, 5.74) is -0.280. The molecule has 90 valence electrons. The predicted molar refractivity (Wildman–Crippen MR) is 56.0 cm³/mol. The van der Waals surface area contributed by atoms with Gasteiger partial charge in [-0.2, -0.15) is 8.78 Å². The lowest BCUT2D eigenvalue weighted by Gasteiger charge is -2.22. The molecule has 1 aromatic rings. The third-order valence-electron chi connectivity index (χ3n) is 1.86. The van der Waals surface area contributed by atoms with Crippen molar-refractivity contribution in [1.29, 1.82) is 0 Å². The van der Waals surface area contributed by atoms with Crippen molar-refractivity contribution in [3.8, 4) is 0 Å². The minimum absolute atomic E-state index is 0.173. The van der Waals surface area contributed by atoms with E-state index in [0.717, 1.165) is 12.1 Å². The molecular formula is C9H5Cl3F4. The summed E-state index contributed by atoms with van der Waals surface area (Å²) < 4.78 is 50.0. The summed E-state index contributed by atoms with van der Waals surface area (Å²) in [6.07, 6.45) is -3.86.